The lowest BCUT2D eigenvalue weighted by Crippen LogP contribution is -2.15. The van der Waals surface area contributed by atoms with Gasteiger partial charge in [-0.25, -0.2) is 4.39 Å². The standard InChI is InChI=1S/C18H15ClFN3O/c1-11-3-6-17(12(2)7-11)23-18(24)13(9-21)10-22-14-4-5-16(20)15(19)8-14/h3-8,10,22H,1-2H3,(H,23,24)/b13-10-. The van der Waals surface area contributed by atoms with Gasteiger partial charge in [-0.05, 0) is 43.7 Å². The number of halogens is 2. The molecule has 6 heteroatoms. The molecule has 1 amide bonds. The van der Waals surface area contributed by atoms with Crippen LogP contribution in [0.15, 0.2) is 48.2 Å². The van der Waals surface area contributed by atoms with E-state index in [2.05, 4.69) is 10.6 Å². The van der Waals surface area contributed by atoms with Crippen molar-refractivity contribution in [1.29, 1.82) is 5.26 Å². The molecule has 0 aliphatic rings. The van der Waals surface area contributed by atoms with E-state index in [-0.39, 0.29) is 10.6 Å². The van der Waals surface area contributed by atoms with E-state index in [0.717, 1.165) is 11.1 Å². The first-order valence-electron chi connectivity index (χ1n) is 7.11. The second-order valence-corrected chi connectivity index (χ2v) is 5.62. The lowest BCUT2D eigenvalue weighted by Gasteiger charge is -2.09. The van der Waals surface area contributed by atoms with E-state index in [0.29, 0.717) is 11.4 Å². The summed E-state index contributed by atoms with van der Waals surface area (Å²) in [6.07, 6.45) is 1.25. The van der Waals surface area contributed by atoms with E-state index in [1.54, 1.807) is 6.07 Å². The van der Waals surface area contributed by atoms with Crippen molar-refractivity contribution in [2.24, 2.45) is 0 Å². The zero-order valence-electron chi connectivity index (χ0n) is 13.2. The molecular weight excluding hydrogens is 329 g/mol. The molecular formula is C18H15ClFN3O. The Hall–Kier alpha value is -2.84. The molecule has 2 aromatic rings. The van der Waals surface area contributed by atoms with Crippen molar-refractivity contribution < 1.29 is 9.18 Å². The van der Waals surface area contributed by atoms with Gasteiger partial charge in [0.05, 0.1) is 5.02 Å². The number of nitrogens with one attached hydrogen (secondary N) is 2. The second kappa shape index (κ2) is 7.62. The summed E-state index contributed by atoms with van der Waals surface area (Å²) in [4.78, 5) is 12.2. The second-order valence-electron chi connectivity index (χ2n) is 5.22. The lowest BCUT2D eigenvalue weighted by molar-refractivity contribution is -0.112. The minimum Gasteiger partial charge on any atom is -0.360 e. The highest BCUT2D eigenvalue weighted by Gasteiger charge is 2.11. The topological polar surface area (TPSA) is 64.9 Å². The van der Waals surface area contributed by atoms with Crippen LogP contribution in [0.3, 0.4) is 0 Å². The van der Waals surface area contributed by atoms with Gasteiger partial charge in [-0.15, -0.1) is 0 Å². The zero-order valence-corrected chi connectivity index (χ0v) is 13.9. The summed E-state index contributed by atoms with van der Waals surface area (Å²) in [5.41, 5.74) is 2.97. The Morgan fingerprint density at radius 1 is 1.25 bits per heavy atom. The molecule has 0 aliphatic carbocycles. The molecule has 0 saturated carbocycles. The number of amides is 1. The van der Waals surface area contributed by atoms with E-state index in [9.17, 15) is 9.18 Å². The van der Waals surface area contributed by atoms with E-state index in [1.165, 1.54) is 24.4 Å². The molecule has 2 rings (SSSR count). The van der Waals surface area contributed by atoms with Gasteiger partial charge < -0.3 is 10.6 Å². The van der Waals surface area contributed by atoms with Gasteiger partial charge in [0.1, 0.15) is 17.5 Å². The third-order valence-corrected chi connectivity index (χ3v) is 3.59. The molecule has 0 atom stereocenters. The minimum absolute atomic E-state index is 0.0494. The molecule has 2 N–H and O–H groups in total. The van der Waals surface area contributed by atoms with Gasteiger partial charge in [0.2, 0.25) is 0 Å². The summed E-state index contributed by atoms with van der Waals surface area (Å²) in [6.45, 7) is 3.83. The summed E-state index contributed by atoms with van der Waals surface area (Å²) in [5.74, 6) is -1.08. The van der Waals surface area contributed by atoms with E-state index in [4.69, 9.17) is 16.9 Å². The van der Waals surface area contributed by atoms with Crippen molar-refractivity contribution in [3.63, 3.8) is 0 Å². The number of hydrogen-bond acceptors (Lipinski definition) is 3. The molecule has 0 aliphatic heterocycles. The molecule has 0 unspecified atom stereocenters. The van der Waals surface area contributed by atoms with Crippen LogP contribution < -0.4 is 10.6 Å². The van der Waals surface area contributed by atoms with Gasteiger partial charge in [0.25, 0.3) is 5.91 Å². The van der Waals surface area contributed by atoms with Gasteiger partial charge >= 0.3 is 0 Å². The fourth-order valence-electron chi connectivity index (χ4n) is 2.03. The Labute approximate surface area is 144 Å². The van der Waals surface area contributed by atoms with Crippen LogP contribution in [0, 0.1) is 31.0 Å². The molecule has 0 radical (unpaired) electrons. The van der Waals surface area contributed by atoms with Gasteiger partial charge in [-0.3, -0.25) is 4.79 Å². The first-order chi connectivity index (χ1) is 11.4. The third-order valence-electron chi connectivity index (χ3n) is 3.30. The van der Waals surface area contributed by atoms with Gasteiger partial charge in [-0.2, -0.15) is 5.26 Å². The predicted octanol–water partition coefficient (Wildman–Crippen LogP) is 4.55. The number of nitrogens with zero attached hydrogens (tertiary/aromatic N) is 1. The maximum atomic E-state index is 13.1. The van der Waals surface area contributed by atoms with Crippen LogP contribution in [-0.4, -0.2) is 5.91 Å². The summed E-state index contributed by atoms with van der Waals surface area (Å²) >= 11 is 5.68. The number of carbonyl (C=O) groups is 1. The molecule has 122 valence electrons. The first kappa shape index (κ1) is 17.5. The molecule has 0 saturated heterocycles. The minimum atomic E-state index is -0.542. The predicted molar refractivity (Wildman–Crippen MR) is 93.3 cm³/mol. The Morgan fingerprint density at radius 2 is 2.00 bits per heavy atom. The number of aryl methyl sites for hydroxylation is 2. The summed E-state index contributed by atoms with van der Waals surface area (Å²) in [7, 11) is 0. The van der Waals surface area contributed by atoms with Crippen LogP contribution >= 0.6 is 11.6 Å². The Kier molecular flexibility index (Phi) is 5.56. The van der Waals surface area contributed by atoms with Crippen molar-refractivity contribution in [2.75, 3.05) is 10.6 Å². The fourth-order valence-corrected chi connectivity index (χ4v) is 2.21. The maximum Gasteiger partial charge on any atom is 0.267 e. The largest absolute Gasteiger partial charge is 0.360 e. The monoisotopic (exact) mass is 343 g/mol. The normalized spacial score (nSPS) is 10.9. The Morgan fingerprint density at radius 3 is 2.62 bits per heavy atom. The molecule has 0 heterocycles. The summed E-state index contributed by atoms with van der Waals surface area (Å²) < 4.78 is 13.1. The average Bonchev–Trinajstić information content (AvgIpc) is 2.54. The lowest BCUT2D eigenvalue weighted by atomic mass is 10.1. The van der Waals surface area contributed by atoms with Gasteiger partial charge in [-0.1, -0.05) is 29.3 Å². The average molecular weight is 344 g/mol. The Balaban J connectivity index is 2.13. The van der Waals surface area contributed by atoms with Gasteiger partial charge in [0.15, 0.2) is 0 Å². The number of anilines is 2. The first-order valence-corrected chi connectivity index (χ1v) is 7.49. The van der Waals surface area contributed by atoms with Crippen molar-refractivity contribution >= 4 is 28.9 Å². The fraction of sp³-hybridized carbons (Fsp3) is 0.111. The van der Waals surface area contributed by atoms with E-state index in [1.807, 2.05) is 32.0 Å². The molecule has 0 bridgehead atoms. The molecule has 4 nitrogen and oxygen atoms in total. The van der Waals surface area contributed by atoms with E-state index < -0.39 is 11.7 Å². The number of benzene rings is 2. The quantitative estimate of drug-likeness (QED) is 0.632. The van der Waals surface area contributed by atoms with E-state index >= 15 is 0 Å². The number of nitriles is 1. The molecule has 24 heavy (non-hydrogen) atoms. The van der Waals surface area contributed by atoms with Crippen molar-refractivity contribution in [3.05, 3.63) is 70.1 Å². The highest BCUT2D eigenvalue weighted by molar-refractivity contribution is 6.31. The smallest absolute Gasteiger partial charge is 0.267 e. The summed E-state index contributed by atoms with van der Waals surface area (Å²) in [5, 5.41) is 14.6. The number of hydrogen-bond donors (Lipinski definition) is 2. The van der Waals surface area contributed by atoms with Crippen LogP contribution in [0.4, 0.5) is 15.8 Å². The van der Waals surface area contributed by atoms with Crippen LogP contribution in [0.1, 0.15) is 11.1 Å². The molecule has 0 fully saturated rings. The highest BCUT2D eigenvalue weighted by atomic mass is 35.5. The summed E-state index contributed by atoms with van der Waals surface area (Å²) in [6, 6.07) is 11.4. The van der Waals surface area contributed by atoms with Crippen LogP contribution in [0.5, 0.6) is 0 Å². The molecule has 2 aromatic carbocycles. The van der Waals surface area contributed by atoms with Crippen LogP contribution in [-0.2, 0) is 4.79 Å². The molecule has 0 spiro atoms. The van der Waals surface area contributed by atoms with Crippen LogP contribution in [0.25, 0.3) is 0 Å². The number of carbonyl (C=O) groups excluding carboxylic acids is 1. The highest BCUT2D eigenvalue weighted by Crippen LogP contribution is 2.20. The SMILES string of the molecule is Cc1ccc(NC(=O)/C(C#N)=C\Nc2ccc(F)c(Cl)c2)c(C)c1. The van der Waals surface area contributed by atoms with Crippen molar-refractivity contribution in [1.82, 2.24) is 0 Å². The van der Waals surface area contributed by atoms with Gasteiger partial charge in [0, 0.05) is 17.6 Å². The Bertz CT molecular complexity index is 856. The zero-order chi connectivity index (χ0) is 17.7. The third kappa shape index (κ3) is 4.34. The maximum absolute atomic E-state index is 13.1. The molecule has 0 aromatic heterocycles. The van der Waals surface area contributed by atoms with Crippen molar-refractivity contribution in [3.8, 4) is 6.07 Å². The number of rotatable bonds is 4. The van der Waals surface area contributed by atoms with Crippen molar-refractivity contribution in [2.45, 2.75) is 13.8 Å². The van der Waals surface area contributed by atoms with Crippen LogP contribution in [0.2, 0.25) is 5.02 Å².